The van der Waals surface area contributed by atoms with E-state index >= 15 is 0 Å². The summed E-state index contributed by atoms with van der Waals surface area (Å²) in [4.78, 5) is 11.6. The average Bonchev–Trinajstić information content (AvgIpc) is 2.97. The number of esters is 1. The summed E-state index contributed by atoms with van der Waals surface area (Å²) >= 11 is 0. The number of β-amino-alcohol motifs (C(OH)–C–C–N with tert-alkyl or cyclic N) is 1. The van der Waals surface area contributed by atoms with Gasteiger partial charge in [0.1, 0.15) is 5.56 Å². The van der Waals surface area contributed by atoms with Crippen molar-refractivity contribution in [3.63, 3.8) is 0 Å². The molecular formula is C10H15N3O5S. The molecule has 0 saturated carbocycles. The highest BCUT2D eigenvalue weighted by atomic mass is 32.2. The Balaban J connectivity index is 2.31. The van der Waals surface area contributed by atoms with Crippen molar-refractivity contribution in [2.45, 2.75) is 24.5 Å². The van der Waals surface area contributed by atoms with Gasteiger partial charge in [0, 0.05) is 13.1 Å². The molecule has 1 aliphatic rings. The van der Waals surface area contributed by atoms with Crippen LogP contribution in [-0.4, -0.2) is 59.8 Å². The van der Waals surface area contributed by atoms with Gasteiger partial charge < -0.3 is 9.84 Å². The van der Waals surface area contributed by atoms with Gasteiger partial charge in [-0.05, 0) is 13.3 Å². The number of sulfonamides is 1. The SMILES string of the molecule is CCOC(=O)c1cn[nH]c1S(=O)(=O)N1CCC(O)C1. The topological polar surface area (TPSA) is 113 Å². The lowest BCUT2D eigenvalue weighted by molar-refractivity contribution is 0.0521. The highest BCUT2D eigenvalue weighted by Gasteiger charge is 2.35. The first kappa shape index (κ1) is 14.0. The van der Waals surface area contributed by atoms with E-state index < -0.39 is 22.1 Å². The highest BCUT2D eigenvalue weighted by Crippen LogP contribution is 2.22. The molecular weight excluding hydrogens is 274 g/mol. The van der Waals surface area contributed by atoms with Crippen LogP contribution in [-0.2, 0) is 14.8 Å². The fraction of sp³-hybridized carbons (Fsp3) is 0.600. The average molecular weight is 289 g/mol. The molecule has 0 spiro atoms. The molecule has 0 aromatic carbocycles. The third kappa shape index (κ3) is 2.62. The van der Waals surface area contributed by atoms with Crippen molar-refractivity contribution in [1.29, 1.82) is 0 Å². The molecule has 0 radical (unpaired) electrons. The zero-order valence-electron chi connectivity index (χ0n) is 10.4. The number of H-pyrrole nitrogens is 1. The Labute approximate surface area is 110 Å². The molecule has 1 atom stereocenters. The van der Waals surface area contributed by atoms with Crippen LogP contribution in [0.5, 0.6) is 0 Å². The summed E-state index contributed by atoms with van der Waals surface area (Å²) in [6, 6.07) is 0. The molecule has 2 heterocycles. The third-order valence-corrected chi connectivity index (χ3v) is 4.66. The zero-order valence-corrected chi connectivity index (χ0v) is 11.2. The predicted octanol–water partition coefficient (Wildman–Crippen LogP) is -0.658. The summed E-state index contributed by atoms with van der Waals surface area (Å²) < 4.78 is 30.5. The normalized spacial score (nSPS) is 20.6. The molecule has 106 valence electrons. The van der Waals surface area contributed by atoms with Crippen LogP contribution in [0.3, 0.4) is 0 Å². The molecule has 1 aromatic rings. The number of nitrogens with one attached hydrogen (secondary N) is 1. The predicted molar refractivity (Wildman–Crippen MR) is 63.9 cm³/mol. The van der Waals surface area contributed by atoms with Gasteiger partial charge in [0.2, 0.25) is 0 Å². The lowest BCUT2D eigenvalue weighted by Gasteiger charge is -2.14. The van der Waals surface area contributed by atoms with Gasteiger partial charge in [-0.25, -0.2) is 13.2 Å². The van der Waals surface area contributed by atoms with E-state index in [1.807, 2.05) is 0 Å². The smallest absolute Gasteiger partial charge is 0.342 e. The number of carbonyl (C=O) groups excluding carboxylic acids is 1. The maximum atomic E-state index is 12.3. The van der Waals surface area contributed by atoms with Crippen LogP contribution in [0.15, 0.2) is 11.2 Å². The van der Waals surface area contributed by atoms with Gasteiger partial charge in [0.25, 0.3) is 10.0 Å². The Morgan fingerprint density at radius 3 is 3.00 bits per heavy atom. The summed E-state index contributed by atoms with van der Waals surface area (Å²) in [6.45, 7) is 2.00. The van der Waals surface area contributed by atoms with Gasteiger partial charge >= 0.3 is 5.97 Å². The van der Waals surface area contributed by atoms with Crippen LogP contribution in [0.25, 0.3) is 0 Å². The number of aliphatic hydroxyl groups is 1. The van der Waals surface area contributed by atoms with Crippen molar-refractivity contribution in [3.05, 3.63) is 11.8 Å². The Hall–Kier alpha value is -1.45. The van der Waals surface area contributed by atoms with Gasteiger partial charge in [0.15, 0.2) is 5.03 Å². The summed E-state index contributed by atoms with van der Waals surface area (Å²) in [5.41, 5.74) is -0.122. The number of hydrogen-bond donors (Lipinski definition) is 2. The summed E-state index contributed by atoms with van der Waals surface area (Å²) in [5, 5.41) is 15.0. The Morgan fingerprint density at radius 2 is 2.42 bits per heavy atom. The Kier molecular flexibility index (Phi) is 3.88. The second-order valence-corrected chi connectivity index (χ2v) is 6.01. The van der Waals surface area contributed by atoms with Crippen LogP contribution in [0.2, 0.25) is 0 Å². The lowest BCUT2D eigenvalue weighted by Crippen LogP contribution is -2.31. The van der Waals surface area contributed by atoms with Crippen LogP contribution in [0.4, 0.5) is 0 Å². The number of ether oxygens (including phenoxy) is 1. The number of aromatic amines is 1. The molecule has 8 nitrogen and oxygen atoms in total. The number of rotatable bonds is 4. The molecule has 1 fully saturated rings. The van der Waals surface area contributed by atoms with Crippen LogP contribution < -0.4 is 0 Å². The molecule has 1 aromatic heterocycles. The van der Waals surface area contributed by atoms with E-state index in [9.17, 15) is 18.3 Å². The molecule has 19 heavy (non-hydrogen) atoms. The van der Waals surface area contributed by atoms with Crippen molar-refractivity contribution >= 4 is 16.0 Å². The largest absolute Gasteiger partial charge is 0.462 e. The second-order valence-electron chi connectivity index (χ2n) is 4.14. The van der Waals surface area contributed by atoms with E-state index in [-0.39, 0.29) is 30.3 Å². The Bertz CT molecular complexity index is 567. The van der Waals surface area contributed by atoms with Gasteiger partial charge in [-0.15, -0.1) is 0 Å². The minimum Gasteiger partial charge on any atom is -0.462 e. The summed E-state index contributed by atoms with van der Waals surface area (Å²) in [7, 11) is -3.87. The fourth-order valence-electron chi connectivity index (χ4n) is 1.88. The van der Waals surface area contributed by atoms with Gasteiger partial charge in [0.05, 0.1) is 18.9 Å². The van der Waals surface area contributed by atoms with E-state index in [4.69, 9.17) is 4.74 Å². The maximum absolute atomic E-state index is 12.3. The highest BCUT2D eigenvalue weighted by molar-refractivity contribution is 7.89. The molecule has 1 saturated heterocycles. The van der Waals surface area contributed by atoms with E-state index in [1.54, 1.807) is 6.92 Å². The van der Waals surface area contributed by atoms with Gasteiger partial charge in [-0.2, -0.15) is 9.40 Å². The molecule has 1 aliphatic heterocycles. The standard InChI is InChI=1S/C10H15N3O5S/c1-2-18-10(15)8-5-11-12-9(8)19(16,17)13-4-3-7(14)6-13/h5,7,14H,2-4,6H2,1H3,(H,11,12). The van der Waals surface area contributed by atoms with E-state index in [0.717, 1.165) is 10.5 Å². The summed E-state index contributed by atoms with van der Waals surface area (Å²) in [6.07, 6.45) is 0.822. The summed E-state index contributed by atoms with van der Waals surface area (Å²) in [5.74, 6) is -0.741. The fourth-order valence-corrected chi connectivity index (χ4v) is 3.44. The number of nitrogens with zero attached hydrogens (tertiary/aromatic N) is 2. The van der Waals surface area contributed by atoms with Crippen LogP contribution >= 0.6 is 0 Å². The minimum atomic E-state index is -3.87. The minimum absolute atomic E-state index is 0.0175. The molecule has 0 aliphatic carbocycles. The number of carbonyl (C=O) groups is 1. The zero-order chi connectivity index (χ0) is 14.0. The third-order valence-electron chi connectivity index (χ3n) is 2.82. The van der Waals surface area contributed by atoms with Crippen molar-refractivity contribution in [1.82, 2.24) is 14.5 Å². The van der Waals surface area contributed by atoms with Crippen molar-refractivity contribution in [2.24, 2.45) is 0 Å². The molecule has 2 N–H and O–H groups in total. The molecule has 9 heteroatoms. The van der Waals surface area contributed by atoms with Gasteiger partial charge in [-0.3, -0.25) is 5.10 Å². The molecule has 1 unspecified atom stereocenters. The van der Waals surface area contributed by atoms with E-state index in [1.165, 1.54) is 0 Å². The quantitative estimate of drug-likeness (QED) is 0.712. The second kappa shape index (κ2) is 5.27. The molecule has 2 rings (SSSR count). The van der Waals surface area contributed by atoms with Crippen LogP contribution in [0, 0.1) is 0 Å². The van der Waals surface area contributed by atoms with Gasteiger partial charge in [-0.1, -0.05) is 0 Å². The first-order chi connectivity index (χ1) is 8.96. The van der Waals surface area contributed by atoms with Crippen molar-refractivity contribution < 1.29 is 23.1 Å². The first-order valence-corrected chi connectivity index (χ1v) is 7.29. The van der Waals surface area contributed by atoms with Crippen molar-refractivity contribution in [3.8, 4) is 0 Å². The maximum Gasteiger partial charge on any atom is 0.342 e. The Morgan fingerprint density at radius 1 is 1.68 bits per heavy atom. The van der Waals surface area contributed by atoms with Crippen LogP contribution in [0.1, 0.15) is 23.7 Å². The van der Waals surface area contributed by atoms with E-state index in [0.29, 0.717) is 6.42 Å². The number of hydrogen-bond acceptors (Lipinski definition) is 6. The van der Waals surface area contributed by atoms with Crippen molar-refractivity contribution in [2.75, 3.05) is 19.7 Å². The molecule has 0 amide bonds. The monoisotopic (exact) mass is 289 g/mol. The number of aliphatic hydroxyl groups excluding tert-OH is 1. The number of aromatic nitrogens is 2. The lowest BCUT2D eigenvalue weighted by atomic mass is 10.3. The first-order valence-electron chi connectivity index (χ1n) is 5.85. The van der Waals surface area contributed by atoms with E-state index in [2.05, 4.69) is 10.2 Å². The molecule has 0 bridgehead atoms.